The fourth-order valence-electron chi connectivity index (χ4n) is 2.58. The van der Waals surface area contributed by atoms with Gasteiger partial charge in [-0.1, -0.05) is 6.07 Å². The fourth-order valence-corrected chi connectivity index (χ4v) is 2.58. The average molecular weight is 275 g/mol. The number of hydrogen-bond donors (Lipinski definition) is 1. The van der Waals surface area contributed by atoms with Crippen LogP contribution in [0.25, 0.3) is 5.69 Å². The van der Waals surface area contributed by atoms with Crippen LogP contribution < -0.4 is 5.73 Å². The third-order valence-electron chi connectivity index (χ3n) is 3.91. The van der Waals surface area contributed by atoms with Crippen LogP contribution in [0.3, 0.4) is 0 Å². The Kier molecular flexibility index (Phi) is 3.54. The fraction of sp³-hybridized carbons (Fsp3) is 0.400. The molecule has 4 nitrogen and oxygen atoms in total. The lowest BCUT2D eigenvalue weighted by molar-refractivity contribution is 0.180. The van der Waals surface area contributed by atoms with E-state index in [-0.39, 0.29) is 11.9 Å². The molecule has 1 aliphatic rings. The van der Waals surface area contributed by atoms with Crippen molar-refractivity contribution in [2.24, 2.45) is 11.7 Å². The highest BCUT2D eigenvalue weighted by atomic mass is 19.1. The lowest BCUT2D eigenvalue weighted by Gasteiger charge is -2.19. The zero-order valence-corrected chi connectivity index (χ0v) is 11.4. The first-order chi connectivity index (χ1) is 9.66. The molecule has 1 fully saturated rings. The van der Waals surface area contributed by atoms with Crippen molar-refractivity contribution in [2.45, 2.75) is 19.4 Å². The second kappa shape index (κ2) is 5.34. The maximum atomic E-state index is 13.7. The van der Waals surface area contributed by atoms with Crippen molar-refractivity contribution in [1.29, 1.82) is 0 Å². The van der Waals surface area contributed by atoms with Gasteiger partial charge in [-0.3, -0.25) is 0 Å². The van der Waals surface area contributed by atoms with E-state index in [9.17, 15) is 4.39 Å². The van der Waals surface area contributed by atoms with Crippen LogP contribution in [-0.4, -0.2) is 22.8 Å². The maximum Gasteiger partial charge on any atom is 0.128 e. The van der Waals surface area contributed by atoms with Gasteiger partial charge in [-0.2, -0.15) is 0 Å². The van der Waals surface area contributed by atoms with Gasteiger partial charge in [-0.05, 0) is 31.0 Å². The van der Waals surface area contributed by atoms with Crippen LogP contribution in [-0.2, 0) is 4.74 Å². The Hall–Kier alpha value is -1.72. The number of aryl methyl sites for hydroxylation is 1. The molecule has 0 bridgehead atoms. The molecule has 2 atom stereocenters. The summed E-state index contributed by atoms with van der Waals surface area (Å²) >= 11 is 0. The predicted octanol–water partition coefficient (Wildman–Crippen LogP) is 2.36. The van der Waals surface area contributed by atoms with E-state index in [4.69, 9.17) is 10.5 Å². The minimum Gasteiger partial charge on any atom is -0.381 e. The van der Waals surface area contributed by atoms with Crippen LogP contribution in [0.4, 0.5) is 4.39 Å². The van der Waals surface area contributed by atoms with Crippen molar-refractivity contribution >= 4 is 0 Å². The monoisotopic (exact) mass is 275 g/mol. The molecule has 3 rings (SSSR count). The third-order valence-corrected chi connectivity index (χ3v) is 3.91. The van der Waals surface area contributed by atoms with Crippen LogP contribution >= 0.6 is 0 Å². The molecule has 0 saturated carbocycles. The number of aromatic nitrogens is 2. The van der Waals surface area contributed by atoms with E-state index in [0.29, 0.717) is 18.1 Å². The van der Waals surface area contributed by atoms with Crippen molar-refractivity contribution in [3.05, 3.63) is 47.8 Å². The van der Waals surface area contributed by atoms with Gasteiger partial charge < -0.3 is 15.0 Å². The van der Waals surface area contributed by atoms with Gasteiger partial charge in [-0.25, -0.2) is 9.37 Å². The Morgan fingerprint density at radius 3 is 3.05 bits per heavy atom. The molecular formula is C15H18FN3O. The minimum atomic E-state index is -0.222. The summed E-state index contributed by atoms with van der Waals surface area (Å²) in [6.07, 6.45) is 4.38. The normalized spacial score (nSPS) is 20.2. The van der Waals surface area contributed by atoms with E-state index >= 15 is 0 Å². The molecule has 1 aromatic carbocycles. The molecule has 2 N–H and O–H groups in total. The van der Waals surface area contributed by atoms with Gasteiger partial charge in [-0.15, -0.1) is 0 Å². The molecule has 1 aromatic heterocycles. The largest absolute Gasteiger partial charge is 0.381 e. The molecule has 106 valence electrons. The molecule has 2 unspecified atom stereocenters. The smallest absolute Gasteiger partial charge is 0.128 e. The zero-order chi connectivity index (χ0) is 14.1. The average Bonchev–Trinajstić information content (AvgIpc) is 3.11. The third kappa shape index (κ3) is 2.34. The number of ether oxygens (including phenoxy) is 1. The maximum absolute atomic E-state index is 13.7. The molecule has 1 saturated heterocycles. The number of rotatable bonds is 3. The van der Waals surface area contributed by atoms with Gasteiger partial charge in [0.2, 0.25) is 0 Å². The topological polar surface area (TPSA) is 53.1 Å². The highest BCUT2D eigenvalue weighted by Crippen LogP contribution is 2.28. The van der Waals surface area contributed by atoms with Gasteiger partial charge in [0.15, 0.2) is 0 Å². The van der Waals surface area contributed by atoms with Gasteiger partial charge in [0.25, 0.3) is 0 Å². The molecule has 0 spiro atoms. The Morgan fingerprint density at radius 1 is 1.50 bits per heavy atom. The number of imidazole rings is 1. The molecule has 20 heavy (non-hydrogen) atoms. The van der Waals surface area contributed by atoms with Crippen LogP contribution in [0.1, 0.15) is 23.7 Å². The standard InChI is InChI=1S/C15H18FN3O/c1-10-2-3-12(6-13(10)16)19-9-18-7-14(19)15(17)11-4-5-20-8-11/h2-3,6-7,9,11,15H,4-5,8,17H2,1H3. The molecular weight excluding hydrogens is 257 g/mol. The van der Waals surface area contributed by atoms with Gasteiger partial charge >= 0.3 is 0 Å². The van der Waals surface area contributed by atoms with E-state index in [2.05, 4.69) is 4.98 Å². The number of halogens is 1. The summed E-state index contributed by atoms with van der Waals surface area (Å²) in [4.78, 5) is 4.16. The highest BCUT2D eigenvalue weighted by Gasteiger charge is 2.26. The van der Waals surface area contributed by atoms with E-state index < -0.39 is 0 Å². The molecule has 0 amide bonds. The first-order valence-electron chi connectivity index (χ1n) is 6.79. The number of hydrogen-bond acceptors (Lipinski definition) is 3. The summed E-state index contributed by atoms with van der Waals surface area (Å²) in [5.41, 5.74) is 8.58. The highest BCUT2D eigenvalue weighted by molar-refractivity contribution is 5.37. The molecule has 1 aliphatic heterocycles. The van der Waals surface area contributed by atoms with E-state index in [1.165, 1.54) is 6.07 Å². The first kappa shape index (κ1) is 13.3. The molecule has 2 heterocycles. The second-order valence-electron chi connectivity index (χ2n) is 5.27. The lowest BCUT2D eigenvalue weighted by Crippen LogP contribution is -2.24. The lowest BCUT2D eigenvalue weighted by atomic mass is 9.97. The molecule has 5 heteroatoms. The van der Waals surface area contributed by atoms with E-state index in [0.717, 1.165) is 24.4 Å². The molecule has 0 aliphatic carbocycles. The molecule has 2 aromatic rings. The SMILES string of the molecule is Cc1ccc(-n2cncc2C(N)C2CCOC2)cc1F. The molecule has 0 radical (unpaired) electrons. The summed E-state index contributed by atoms with van der Waals surface area (Å²) < 4.78 is 21.0. The summed E-state index contributed by atoms with van der Waals surface area (Å²) in [6, 6.07) is 5.00. The van der Waals surface area contributed by atoms with Gasteiger partial charge in [0, 0.05) is 18.2 Å². The Labute approximate surface area is 117 Å². The first-order valence-corrected chi connectivity index (χ1v) is 6.79. The van der Waals surface area contributed by atoms with Gasteiger partial charge in [0.1, 0.15) is 5.82 Å². The number of benzene rings is 1. The number of nitrogens with zero attached hydrogens (tertiary/aromatic N) is 2. The summed E-state index contributed by atoms with van der Waals surface area (Å²) in [7, 11) is 0. The van der Waals surface area contributed by atoms with Crippen molar-refractivity contribution in [3.63, 3.8) is 0 Å². The van der Waals surface area contributed by atoms with Crippen molar-refractivity contribution in [2.75, 3.05) is 13.2 Å². The van der Waals surface area contributed by atoms with Gasteiger partial charge in [0.05, 0.1) is 30.9 Å². The van der Waals surface area contributed by atoms with E-state index in [1.807, 2.05) is 10.6 Å². The van der Waals surface area contributed by atoms with Crippen LogP contribution in [0.2, 0.25) is 0 Å². The van der Waals surface area contributed by atoms with Crippen molar-refractivity contribution < 1.29 is 9.13 Å². The Balaban J connectivity index is 1.94. The van der Waals surface area contributed by atoms with Crippen LogP contribution in [0, 0.1) is 18.7 Å². The number of nitrogens with two attached hydrogens (primary N) is 1. The summed E-state index contributed by atoms with van der Waals surface area (Å²) in [5, 5.41) is 0. The minimum absolute atomic E-state index is 0.149. The Morgan fingerprint density at radius 2 is 2.35 bits per heavy atom. The summed E-state index contributed by atoms with van der Waals surface area (Å²) in [5.74, 6) is 0.0701. The zero-order valence-electron chi connectivity index (χ0n) is 11.4. The quantitative estimate of drug-likeness (QED) is 0.935. The Bertz CT molecular complexity index is 605. The second-order valence-corrected chi connectivity index (χ2v) is 5.27. The van der Waals surface area contributed by atoms with E-state index in [1.54, 1.807) is 25.5 Å². The predicted molar refractivity (Wildman–Crippen MR) is 74.1 cm³/mol. The van der Waals surface area contributed by atoms with Crippen LogP contribution in [0.5, 0.6) is 0 Å². The van der Waals surface area contributed by atoms with Crippen molar-refractivity contribution in [3.8, 4) is 5.69 Å². The van der Waals surface area contributed by atoms with Crippen molar-refractivity contribution in [1.82, 2.24) is 9.55 Å². The summed E-state index contributed by atoms with van der Waals surface area (Å²) in [6.45, 7) is 3.18. The van der Waals surface area contributed by atoms with Crippen LogP contribution in [0.15, 0.2) is 30.7 Å².